The van der Waals surface area contributed by atoms with Gasteiger partial charge in [-0.3, -0.25) is 9.59 Å². The third-order valence-corrected chi connectivity index (χ3v) is 8.07. The molecule has 2 aromatic carbocycles. The summed E-state index contributed by atoms with van der Waals surface area (Å²) in [5, 5.41) is 6.64. The third kappa shape index (κ3) is 8.09. The second-order valence-electron chi connectivity index (χ2n) is 11.7. The molecule has 2 amide bonds. The molecular weight excluding hydrogens is 518 g/mol. The van der Waals surface area contributed by atoms with E-state index in [2.05, 4.69) is 15.5 Å². The highest BCUT2D eigenvalue weighted by Crippen LogP contribution is 2.36. The molecule has 224 valence electrons. The van der Waals surface area contributed by atoms with Gasteiger partial charge in [-0.25, -0.2) is 0 Å². The largest absolute Gasteiger partial charge is 0.493 e. The van der Waals surface area contributed by atoms with Crippen molar-refractivity contribution >= 4 is 11.8 Å². The number of hydrogen-bond acceptors (Lipinski definition) is 6. The highest BCUT2D eigenvalue weighted by atomic mass is 16.5. The maximum absolute atomic E-state index is 13.8. The lowest BCUT2D eigenvalue weighted by atomic mass is 9.86. The van der Waals surface area contributed by atoms with E-state index < -0.39 is 6.10 Å². The zero-order chi connectivity index (χ0) is 29.4. The van der Waals surface area contributed by atoms with Crippen LogP contribution in [0.4, 0.5) is 0 Å². The van der Waals surface area contributed by atoms with Gasteiger partial charge in [-0.2, -0.15) is 0 Å². The molecule has 1 saturated heterocycles. The second kappa shape index (κ2) is 14.8. The maximum Gasteiger partial charge on any atom is 0.256 e. The molecule has 0 aromatic heterocycles. The number of rotatable bonds is 15. The van der Waals surface area contributed by atoms with Crippen molar-refractivity contribution in [3.63, 3.8) is 0 Å². The van der Waals surface area contributed by atoms with Gasteiger partial charge in [0.2, 0.25) is 0 Å². The van der Waals surface area contributed by atoms with Crippen molar-refractivity contribution in [1.29, 1.82) is 0 Å². The summed E-state index contributed by atoms with van der Waals surface area (Å²) < 4.78 is 17.2. The van der Waals surface area contributed by atoms with E-state index in [0.29, 0.717) is 31.7 Å². The first-order valence-electron chi connectivity index (χ1n) is 15.0. The van der Waals surface area contributed by atoms with Gasteiger partial charge in [0.05, 0.1) is 6.61 Å². The van der Waals surface area contributed by atoms with Crippen molar-refractivity contribution in [3.8, 4) is 5.75 Å². The van der Waals surface area contributed by atoms with Crippen molar-refractivity contribution in [2.75, 3.05) is 47.1 Å². The van der Waals surface area contributed by atoms with Crippen molar-refractivity contribution in [2.45, 2.75) is 64.6 Å². The molecule has 0 spiro atoms. The number of nitrogens with one attached hydrogen (secondary N) is 2. The van der Waals surface area contributed by atoms with Crippen molar-refractivity contribution in [2.24, 2.45) is 11.8 Å². The van der Waals surface area contributed by atoms with Gasteiger partial charge in [0.25, 0.3) is 11.8 Å². The Bertz CT molecular complexity index is 1150. The summed E-state index contributed by atoms with van der Waals surface area (Å²) in [7, 11) is 3.29. The molecule has 2 fully saturated rings. The molecule has 1 saturated carbocycles. The number of methoxy groups -OCH3 is 2. The van der Waals surface area contributed by atoms with Crippen LogP contribution in [0.5, 0.6) is 5.75 Å². The number of carbonyl (C=O) groups excluding carboxylic acids is 2. The SMILES string of the molecule is COCCCOc1c(C)ccc(C(=O)NC(C)C)c1C[C@@H]1CNC[C@H]1CN(C(=O)[C@@H](OC)c1ccccc1)C1CC1. The predicted octanol–water partition coefficient (Wildman–Crippen LogP) is 4.31. The highest BCUT2D eigenvalue weighted by Gasteiger charge is 2.40. The van der Waals surface area contributed by atoms with Crippen LogP contribution in [0, 0.1) is 18.8 Å². The average Bonchev–Trinajstić information content (AvgIpc) is 3.70. The number of nitrogens with zero attached hydrogens (tertiary/aromatic N) is 1. The first kappa shape index (κ1) is 31.0. The minimum Gasteiger partial charge on any atom is -0.493 e. The van der Waals surface area contributed by atoms with Crippen LogP contribution in [-0.2, 0) is 20.7 Å². The predicted molar refractivity (Wildman–Crippen MR) is 160 cm³/mol. The summed E-state index contributed by atoms with van der Waals surface area (Å²) in [6.07, 6.45) is 2.90. The van der Waals surface area contributed by atoms with Gasteiger partial charge in [0, 0.05) is 57.0 Å². The minimum atomic E-state index is -0.611. The van der Waals surface area contributed by atoms with E-state index in [9.17, 15) is 9.59 Å². The van der Waals surface area contributed by atoms with Crippen LogP contribution < -0.4 is 15.4 Å². The van der Waals surface area contributed by atoms with Gasteiger partial charge < -0.3 is 29.7 Å². The summed E-state index contributed by atoms with van der Waals surface area (Å²) in [5.41, 5.74) is 3.50. The number of amides is 2. The quantitative estimate of drug-likeness (QED) is 0.313. The normalized spacial score (nSPS) is 19.3. The van der Waals surface area contributed by atoms with E-state index in [4.69, 9.17) is 14.2 Å². The van der Waals surface area contributed by atoms with Gasteiger partial charge in [0.15, 0.2) is 6.10 Å². The zero-order valence-electron chi connectivity index (χ0n) is 25.3. The Morgan fingerprint density at radius 1 is 1.02 bits per heavy atom. The van der Waals surface area contributed by atoms with E-state index >= 15 is 0 Å². The lowest BCUT2D eigenvalue weighted by Gasteiger charge is -2.31. The molecule has 8 heteroatoms. The Balaban J connectivity index is 1.57. The number of aryl methyl sites for hydroxylation is 1. The molecule has 0 unspecified atom stereocenters. The second-order valence-corrected chi connectivity index (χ2v) is 11.7. The Kier molecular flexibility index (Phi) is 11.2. The standard InChI is InChI=1S/C33H47N3O5/c1-22(2)35-32(37)28-15-12-23(3)30(41-17-9-16-39-4)29(28)18-25-19-34-20-26(25)21-36(27-13-14-27)33(38)31(40-5)24-10-7-6-8-11-24/h6-8,10-12,15,22,25-27,31,34H,9,13-14,16-21H2,1-5H3,(H,35,37)/t25-,26+,31+/m1/s1. The Hall–Kier alpha value is -2.94. The minimum absolute atomic E-state index is 0.0278. The van der Waals surface area contributed by atoms with Gasteiger partial charge in [0.1, 0.15) is 5.75 Å². The molecule has 0 radical (unpaired) electrons. The molecule has 1 aliphatic carbocycles. The molecule has 1 heterocycles. The Labute approximate surface area is 245 Å². The molecule has 4 rings (SSSR count). The molecule has 0 bridgehead atoms. The van der Waals surface area contributed by atoms with E-state index in [1.807, 2.05) is 63.2 Å². The third-order valence-electron chi connectivity index (χ3n) is 8.07. The highest BCUT2D eigenvalue weighted by molar-refractivity contribution is 5.96. The summed E-state index contributed by atoms with van der Waals surface area (Å²) >= 11 is 0. The van der Waals surface area contributed by atoms with Crippen molar-refractivity contribution in [1.82, 2.24) is 15.5 Å². The van der Waals surface area contributed by atoms with Crippen LogP contribution in [0.25, 0.3) is 0 Å². The molecular formula is C33H47N3O5. The lowest BCUT2D eigenvalue weighted by molar-refractivity contribution is -0.143. The fourth-order valence-corrected chi connectivity index (χ4v) is 5.80. The van der Waals surface area contributed by atoms with Crippen molar-refractivity contribution in [3.05, 3.63) is 64.7 Å². The lowest BCUT2D eigenvalue weighted by Crippen LogP contribution is -2.42. The number of ether oxygens (including phenoxy) is 3. The van der Waals surface area contributed by atoms with E-state index in [1.54, 1.807) is 14.2 Å². The number of carbonyl (C=O) groups is 2. The monoisotopic (exact) mass is 565 g/mol. The summed E-state index contributed by atoms with van der Waals surface area (Å²) in [6.45, 7) is 9.43. The first-order valence-corrected chi connectivity index (χ1v) is 15.0. The summed E-state index contributed by atoms with van der Waals surface area (Å²) in [6, 6.07) is 13.9. The fourth-order valence-electron chi connectivity index (χ4n) is 5.80. The molecule has 8 nitrogen and oxygen atoms in total. The summed E-state index contributed by atoms with van der Waals surface area (Å²) in [4.78, 5) is 29.2. The van der Waals surface area contributed by atoms with E-state index in [1.165, 1.54) is 0 Å². The average molecular weight is 566 g/mol. The first-order chi connectivity index (χ1) is 19.8. The number of hydrogen-bond donors (Lipinski definition) is 2. The Morgan fingerprint density at radius 3 is 2.41 bits per heavy atom. The van der Waals surface area contributed by atoms with Crippen LogP contribution in [0.3, 0.4) is 0 Å². The van der Waals surface area contributed by atoms with Crippen LogP contribution in [-0.4, -0.2) is 75.9 Å². The Morgan fingerprint density at radius 2 is 1.76 bits per heavy atom. The maximum atomic E-state index is 13.8. The van der Waals surface area contributed by atoms with Crippen LogP contribution in [0.1, 0.15) is 66.3 Å². The molecule has 1 aliphatic heterocycles. The van der Waals surface area contributed by atoms with Gasteiger partial charge in [-0.15, -0.1) is 0 Å². The summed E-state index contributed by atoms with van der Waals surface area (Å²) in [5.74, 6) is 1.23. The van der Waals surface area contributed by atoms with Crippen molar-refractivity contribution < 1.29 is 23.8 Å². The molecule has 2 aromatic rings. The number of benzene rings is 2. The van der Waals surface area contributed by atoms with Gasteiger partial charge >= 0.3 is 0 Å². The van der Waals surface area contributed by atoms with Crippen LogP contribution in [0.2, 0.25) is 0 Å². The van der Waals surface area contributed by atoms with Gasteiger partial charge in [-0.05, 0) is 82.2 Å². The van der Waals surface area contributed by atoms with Crippen LogP contribution in [0.15, 0.2) is 42.5 Å². The fraction of sp³-hybridized carbons (Fsp3) is 0.576. The molecule has 2 aliphatic rings. The topological polar surface area (TPSA) is 89.1 Å². The zero-order valence-corrected chi connectivity index (χ0v) is 25.3. The van der Waals surface area contributed by atoms with E-state index in [0.717, 1.165) is 54.8 Å². The van der Waals surface area contributed by atoms with Crippen LogP contribution >= 0.6 is 0 Å². The molecule has 2 N–H and O–H groups in total. The smallest absolute Gasteiger partial charge is 0.256 e. The van der Waals surface area contributed by atoms with Gasteiger partial charge in [-0.1, -0.05) is 36.4 Å². The molecule has 3 atom stereocenters. The van der Waals surface area contributed by atoms with E-state index in [-0.39, 0.29) is 35.7 Å². The molecule has 41 heavy (non-hydrogen) atoms.